The number of fused-ring (bicyclic) bond motifs is 3. The first-order valence-corrected chi connectivity index (χ1v) is 6.43. The number of nitrogens with zero attached hydrogens (tertiary/aromatic N) is 6. The Kier molecular flexibility index (Phi) is 2.56. The molecule has 8 nitrogen and oxygen atoms in total. The van der Waals surface area contributed by atoms with E-state index in [1.54, 1.807) is 12.1 Å². The second kappa shape index (κ2) is 4.06. The standard InChI is InChI=1S/C12H16N6O2/c1-5-18-11-13-9-8(17(11)6-7(2)14-18)10(19)16(4)12(20)15(9)3/h5-6H2,1-4H3. The zero-order valence-electron chi connectivity index (χ0n) is 11.9. The van der Waals surface area contributed by atoms with Crippen LogP contribution in [0.15, 0.2) is 14.7 Å². The van der Waals surface area contributed by atoms with Gasteiger partial charge in [-0.15, -0.1) is 0 Å². The van der Waals surface area contributed by atoms with Crippen LogP contribution in [0, 0.1) is 0 Å². The van der Waals surface area contributed by atoms with Crippen LogP contribution in [0.3, 0.4) is 0 Å². The first-order valence-electron chi connectivity index (χ1n) is 6.43. The van der Waals surface area contributed by atoms with Crippen LogP contribution in [0.25, 0.3) is 11.2 Å². The van der Waals surface area contributed by atoms with E-state index in [9.17, 15) is 9.59 Å². The quantitative estimate of drug-likeness (QED) is 0.713. The van der Waals surface area contributed by atoms with Crippen molar-refractivity contribution in [1.82, 2.24) is 18.7 Å². The van der Waals surface area contributed by atoms with Gasteiger partial charge in [0.2, 0.25) is 5.95 Å². The molecule has 2 aromatic rings. The highest BCUT2D eigenvalue weighted by Gasteiger charge is 2.25. The number of anilines is 1. The minimum absolute atomic E-state index is 0.326. The molecule has 0 N–H and O–H groups in total. The third-order valence-electron chi connectivity index (χ3n) is 3.54. The maximum atomic E-state index is 12.4. The monoisotopic (exact) mass is 276 g/mol. The molecular formula is C12H16N6O2. The lowest BCUT2D eigenvalue weighted by Crippen LogP contribution is -2.38. The van der Waals surface area contributed by atoms with Gasteiger partial charge in [0.25, 0.3) is 5.56 Å². The molecule has 0 amide bonds. The van der Waals surface area contributed by atoms with Crippen molar-refractivity contribution in [2.75, 3.05) is 11.6 Å². The lowest BCUT2D eigenvalue weighted by atomic mass is 10.4. The van der Waals surface area contributed by atoms with Gasteiger partial charge in [0.05, 0.1) is 12.3 Å². The third-order valence-corrected chi connectivity index (χ3v) is 3.54. The maximum absolute atomic E-state index is 12.4. The second-order valence-corrected chi connectivity index (χ2v) is 4.93. The molecule has 0 radical (unpaired) electrons. The van der Waals surface area contributed by atoms with Crippen LogP contribution in [0.2, 0.25) is 0 Å². The Morgan fingerprint density at radius 2 is 1.90 bits per heavy atom. The van der Waals surface area contributed by atoms with Crippen molar-refractivity contribution in [3.8, 4) is 0 Å². The van der Waals surface area contributed by atoms with E-state index in [1.165, 1.54) is 11.6 Å². The third kappa shape index (κ3) is 1.47. The molecule has 0 unspecified atom stereocenters. The number of hydrogen-bond donors (Lipinski definition) is 0. The van der Waals surface area contributed by atoms with E-state index in [1.807, 2.05) is 18.4 Å². The van der Waals surface area contributed by atoms with E-state index in [-0.39, 0.29) is 11.2 Å². The molecular weight excluding hydrogens is 260 g/mol. The average molecular weight is 276 g/mol. The molecule has 20 heavy (non-hydrogen) atoms. The summed E-state index contributed by atoms with van der Waals surface area (Å²) in [6.07, 6.45) is 0. The summed E-state index contributed by atoms with van der Waals surface area (Å²) in [7, 11) is 3.10. The van der Waals surface area contributed by atoms with Gasteiger partial charge in [0.1, 0.15) is 0 Å². The van der Waals surface area contributed by atoms with E-state index >= 15 is 0 Å². The molecule has 3 heterocycles. The van der Waals surface area contributed by atoms with Crippen LogP contribution < -0.4 is 16.3 Å². The predicted octanol–water partition coefficient (Wildman–Crippen LogP) is -0.350. The fourth-order valence-corrected chi connectivity index (χ4v) is 2.51. The highest BCUT2D eigenvalue weighted by molar-refractivity contribution is 5.87. The van der Waals surface area contributed by atoms with Crippen molar-refractivity contribution < 1.29 is 0 Å². The summed E-state index contributed by atoms with van der Waals surface area (Å²) >= 11 is 0. The number of rotatable bonds is 1. The van der Waals surface area contributed by atoms with Crippen molar-refractivity contribution in [1.29, 1.82) is 0 Å². The molecule has 0 aromatic carbocycles. The topological polar surface area (TPSA) is 77.4 Å². The van der Waals surface area contributed by atoms with Gasteiger partial charge in [-0.3, -0.25) is 18.5 Å². The number of hydrogen-bond acceptors (Lipinski definition) is 5. The van der Waals surface area contributed by atoms with Crippen molar-refractivity contribution in [3.05, 3.63) is 20.8 Å². The molecule has 0 atom stereocenters. The lowest BCUT2D eigenvalue weighted by molar-refractivity contribution is 0.701. The zero-order valence-corrected chi connectivity index (χ0v) is 11.9. The molecule has 0 spiro atoms. The van der Waals surface area contributed by atoms with E-state index in [2.05, 4.69) is 10.1 Å². The number of imidazole rings is 1. The number of hydrazone groups is 1. The van der Waals surface area contributed by atoms with Crippen molar-refractivity contribution in [2.45, 2.75) is 20.4 Å². The van der Waals surface area contributed by atoms with E-state index in [4.69, 9.17) is 0 Å². The van der Waals surface area contributed by atoms with E-state index in [0.29, 0.717) is 30.2 Å². The Balaban J connectivity index is 2.47. The lowest BCUT2D eigenvalue weighted by Gasteiger charge is -2.23. The Labute approximate surface area is 114 Å². The summed E-state index contributed by atoms with van der Waals surface area (Å²) in [5.74, 6) is 0.603. The zero-order chi connectivity index (χ0) is 14.6. The number of aryl methyl sites for hydroxylation is 1. The van der Waals surface area contributed by atoms with Crippen LogP contribution in [-0.4, -0.2) is 30.9 Å². The molecule has 2 aromatic heterocycles. The fourth-order valence-electron chi connectivity index (χ4n) is 2.51. The molecule has 0 bridgehead atoms. The maximum Gasteiger partial charge on any atom is 0.332 e. The van der Waals surface area contributed by atoms with Gasteiger partial charge in [-0.1, -0.05) is 0 Å². The molecule has 8 heteroatoms. The van der Waals surface area contributed by atoms with Gasteiger partial charge < -0.3 is 0 Å². The van der Waals surface area contributed by atoms with Crippen LogP contribution in [0.5, 0.6) is 0 Å². The molecule has 3 rings (SSSR count). The van der Waals surface area contributed by atoms with Crippen LogP contribution in [-0.2, 0) is 20.6 Å². The summed E-state index contributed by atoms with van der Waals surface area (Å²) in [6.45, 7) is 5.03. The first-order chi connectivity index (χ1) is 9.45. The van der Waals surface area contributed by atoms with Gasteiger partial charge in [0, 0.05) is 20.6 Å². The van der Waals surface area contributed by atoms with Crippen LogP contribution >= 0.6 is 0 Å². The molecule has 106 valence electrons. The smallest absolute Gasteiger partial charge is 0.297 e. The Morgan fingerprint density at radius 1 is 1.20 bits per heavy atom. The fraction of sp³-hybridized carbons (Fsp3) is 0.500. The van der Waals surface area contributed by atoms with Crippen molar-refractivity contribution >= 4 is 22.8 Å². The van der Waals surface area contributed by atoms with Gasteiger partial charge >= 0.3 is 5.69 Å². The molecule has 0 saturated carbocycles. The van der Waals surface area contributed by atoms with Crippen molar-refractivity contribution in [3.63, 3.8) is 0 Å². The largest absolute Gasteiger partial charge is 0.332 e. The molecule has 0 fully saturated rings. The van der Waals surface area contributed by atoms with E-state index in [0.717, 1.165) is 10.3 Å². The molecule has 1 aliphatic heterocycles. The summed E-state index contributed by atoms with van der Waals surface area (Å²) in [5.41, 5.74) is 1.04. The van der Waals surface area contributed by atoms with Gasteiger partial charge in [-0.05, 0) is 13.8 Å². The first kappa shape index (κ1) is 12.6. The average Bonchev–Trinajstić information content (AvgIpc) is 2.81. The SMILES string of the molecule is CCN1N=C(C)Cn2c1nc1c2c(=O)n(C)c(=O)n1C. The molecule has 0 aliphatic carbocycles. The Morgan fingerprint density at radius 3 is 2.55 bits per heavy atom. The highest BCUT2D eigenvalue weighted by Crippen LogP contribution is 2.22. The summed E-state index contributed by atoms with van der Waals surface area (Å²) in [5, 5.41) is 6.15. The highest BCUT2D eigenvalue weighted by atomic mass is 16.2. The molecule has 1 aliphatic rings. The minimum atomic E-state index is -0.376. The normalized spacial score (nSPS) is 14.6. The minimum Gasteiger partial charge on any atom is -0.297 e. The van der Waals surface area contributed by atoms with Crippen LogP contribution in [0.4, 0.5) is 5.95 Å². The summed E-state index contributed by atoms with van der Waals surface area (Å²) < 4.78 is 4.32. The predicted molar refractivity (Wildman–Crippen MR) is 76.3 cm³/mol. The van der Waals surface area contributed by atoms with Gasteiger partial charge in [-0.2, -0.15) is 10.1 Å². The van der Waals surface area contributed by atoms with Crippen LogP contribution in [0.1, 0.15) is 13.8 Å². The second-order valence-electron chi connectivity index (χ2n) is 4.93. The Hall–Kier alpha value is -2.38. The summed E-state index contributed by atoms with van der Waals surface area (Å²) in [4.78, 5) is 28.8. The number of aromatic nitrogens is 4. The van der Waals surface area contributed by atoms with Gasteiger partial charge in [0.15, 0.2) is 11.2 Å². The van der Waals surface area contributed by atoms with Gasteiger partial charge in [-0.25, -0.2) is 9.80 Å². The molecule has 0 saturated heterocycles. The summed E-state index contributed by atoms with van der Waals surface area (Å²) in [6, 6.07) is 0. The van der Waals surface area contributed by atoms with Crippen molar-refractivity contribution in [2.24, 2.45) is 19.2 Å². The van der Waals surface area contributed by atoms with E-state index < -0.39 is 0 Å². The Bertz CT molecular complexity index is 853.